The van der Waals surface area contributed by atoms with Crippen molar-refractivity contribution in [1.82, 2.24) is 9.55 Å². The smallest absolute Gasteiger partial charge is 0.305 e. The summed E-state index contributed by atoms with van der Waals surface area (Å²) in [5, 5.41) is 11.7. The zero-order chi connectivity index (χ0) is 13.3. The van der Waals surface area contributed by atoms with E-state index in [1.54, 1.807) is 30.8 Å². The summed E-state index contributed by atoms with van der Waals surface area (Å²) in [6.07, 6.45) is 5.20. The summed E-state index contributed by atoms with van der Waals surface area (Å²) < 4.78 is 1.66. The molecule has 0 saturated heterocycles. The van der Waals surface area contributed by atoms with E-state index in [1.165, 1.54) is 0 Å². The number of carboxylic acid groups (broad SMARTS) is 1. The third-order valence-electron chi connectivity index (χ3n) is 2.86. The van der Waals surface area contributed by atoms with Crippen molar-refractivity contribution in [1.29, 1.82) is 0 Å². The van der Waals surface area contributed by atoms with Crippen molar-refractivity contribution in [3.05, 3.63) is 22.7 Å². The van der Waals surface area contributed by atoms with Crippen molar-refractivity contribution < 1.29 is 9.90 Å². The molecule has 1 aromatic rings. The Morgan fingerprint density at radius 2 is 2.28 bits per heavy atom. The second-order valence-electron chi connectivity index (χ2n) is 5.30. The molecule has 0 amide bonds. The first-order chi connectivity index (χ1) is 8.39. The van der Waals surface area contributed by atoms with Gasteiger partial charge in [0, 0.05) is 24.0 Å². The molecule has 1 aliphatic rings. The van der Waals surface area contributed by atoms with Crippen LogP contribution in [0.1, 0.15) is 39.2 Å². The molecule has 0 atom stereocenters. The van der Waals surface area contributed by atoms with Crippen molar-refractivity contribution in [3.8, 4) is 0 Å². The summed E-state index contributed by atoms with van der Waals surface area (Å²) in [5.74, 6) is -0.693. The number of hydrogen-bond acceptors (Lipinski definition) is 4. The lowest BCUT2D eigenvalue weighted by atomic mass is 10.0. The van der Waals surface area contributed by atoms with Gasteiger partial charge in [-0.25, -0.2) is 4.98 Å². The summed E-state index contributed by atoms with van der Waals surface area (Å²) in [6, 6.07) is 0.281. The number of anilines is 1. The summed E-state index contributed by atoms with van der Waals surface area (Å²) in [5.41, 5.74) is -0.890. The number of aliphatic carboxylic acids is 1. The lowest BCUT2D eigenvalue weighted by molar-refractivity contribution is -0.137. The Hall–Kier alpha value is -1.85. The van der Waals surface area contributed by atoms with Gasteiger partial charge in [-0.3, -0.25) is 9.59 Å². The monoisotopic (exact) mass is 251 g/mol. The Morgan fingerprint density at radius 1 is 1.61 bits per heavy atom. The standard InChI is InChI=1S/C12H17N3O3/c1-12(2,7-9(16)17)14-10-11(18)15(6-5-13-10)8-3-4-8/h5-6,8H,3-4,7H2,1-2H3,(H,13,14)(H,16,17). The van der Waals surface area contributed by atoms with E-state index in [9.17, 15) is 9.59 Å². The average Bonchev–Trinajstić information content (AvgIpc) is 3.02. The number of carboxylic acids is 1. The fourth-order valence-electron chi connectivity index (χ4n) is 1.89. The molecule has 0 aromatic carbocycles. The van der Waals surface area contributed by atoms with Gasteiger partial charge in [-0.2, -0.15) is 0 Å². The maximum atomic E-state index is 12.1. The highest BCUT2D eigenvalue weighted by atomic mass is 16.4. The van der Waals surface area contributed by atoms with Gasteiger partial charge in [-0.1, -0.05) is 0 Å². The van der Waals surface area contributed by atoms with E-state index in [0.717, 1.165) is 12.8 Å². The summed E-state index contributed by atoms with van der Waals surface area (Å²) in [4.78, 5) is 26.8. The van der Waals surface area contributed by atoms with Gasteiger partial charge in [0.05, 0.1) is 6.42 Å². The summed E-state index contributed by atoms with van der Waals surface area (Å²) in [7, 11) is 0. The Balaban J connectivity index is 2.21. The zero-order valence-corrected chi connectivity index (χ0v) is 10.5. The van der Waals surface area contributed by atoms with Crippen molar-refractivity contribution >= 4 is 11.8 Å². The van der Waals surface area contributed by atoms with Gasteiger partial charge < -0.3 is 15.0 Å². The van der Waals surface area contributed by atoms with Gasteiger partial charge in [-0.05, 0) is 26.7 Å². The number of hydrogen-bond donors (Lipinski definition) is 2. The Morgan fingerprint density at radius 3 is 2.83 bits per heavy atom. The molecule has 0 bridgehead atoms. The van der Waals surface area contributed by atoms with Crippen molar-refractivity contribution in [2.75, 3.05) is 5.32 Å². The Labute approximate surface area is 105 Å². The first-order valence-electron chi connectivity index (χ1n) is 5.96. The van der Waals surface area contributed by atoms with E-state index >= 15 is 0 Å². The number of rotatable bonds is 5. The second-order valence-corrected chi connectivity index (χ2v) is 5.30. The highest BCUT2D eigenvalue weighted by molar-refractivity contribution is 5.69. The van der Waals surface area contributed by atoms with Crippen molar-refractivity contribution in [3.63, 3.8) is 0 Å². The molecule has 2 N–H and O–H groups in total. The van der Waals surface area contributed by atoms with Gasteiger partial charge in [0.25, 0.3) is 5.56 Å². The summed E-state index contributed by atoms with van der Waals surface area (Å²) >= 11 is 0. The van der Waals surface area contributed by atoms with Crippen LogP contribution in [0.2, 0.25) is 0 Å². The van der Waals surface area contributed by atoms with Crippen LogP contribution >= 0.6 is 0 Å². The minimum Gasteiger partial charge on any atom is -0.481 e. The molecule has 0 unspecified atom stereocenters. The molecule has 0 aliphatic heterocycles. The van der Waals surface area contributed by atoms with Gasteiger partial charge in [-0.15, -0.1) is 0 Å². The van der Waals surface area contributed by atoms with Gasteiger partial charge in [0.2, 0.25) is 0 Å². The van der Waals surface area contributed by atoms with Crippen LogP contribution in [0.5, 0.6) is 0 Å². The largest absolute Gasteiger partial charge is 0.481 e. The molecule has 0 spiro atoms. The number of carbonyl (C=O) groups is 1. The Bertz CT molecular complexity index is 518. The van der Waals surface area contributed by atoms with Crippen LogP contribution in [0.25, 0.3) is 0 Å². The molecular formula is C12H17N3O3. The first kappa shape index (κ1) is 12.6. The number of nitrogens with one attached hydrogen (secondary N) is 1. The highest BCUT2D eigenvalue weighted by Crippen LogP contribution is 2.33. The minimum atomic E-state index is -0.911. The van der Waals surface area contributed by atoms with Crippen LogP contribution in [-0.4, -0.2) is 26.2 Å². The molecule has 1 saturated carbocycles. The molecular weight excluding hydrogens is 234 g/mol. The highest BCUT2D eigenvalue weighted by Gasteiger charge is 2.27. The summed E-state index contributed by atoms with van der Waals surface area (Å²) in [6.45, 7) is 3.47. The Kier molecular flexibility index (Phi) is 3.11. The zero-order valence-electron chi connectivity index (χ0n) is 10.5. The average molecular weight is 251 g/mol. The second kappa shape index (κ2) is 4.44. The van der Waals surface area contributed by atoms with Gasteiger partial charge in [0.1, 0.15) is 0 Å². The maximum Gasteiger partial charge on any atom is 0.305 e. The van der Waals surface area contributed by atoms with E-state index in [0.29, 0.717) is 0 Å². The van der Waals surface area contributed by atoms with Gasteiger partial charge >= 0.3 is 5.97 Å². The van der Waals surface area contributed by atoms with E-state index in [1.807, 2.05) is 0 Å². The third kappa shape index (κ3) is 2.88. The first-order valence-corrected chi connectivity index (χ1v) is 5.96. The SMILES string of the molecule is CC(C)(CC(=O)O)Nc1nccn(C2CC2)c1=O. The van der Waals surface area contributed by atoms with Crippen molar-refractivity contribution in [2.24, 2.45) is 0 Å². The van der Waals surface area contributed by atoms with E-state index in [2.05, 4.69) is 10.3 Å². The molecule has 6 nitrogen and oxygen atoms in total. The lowest BCUT2D eigenvalue weighted by Gasteiger charge is -2.24. The molecule has 0 radical (unpaired) electrons. The maximum absolute atomic E-state index is 12.1. The predicted octanol–water partition coefficient (Wildman–Crippen LogP) is 1.24. The lowest BCUT2D eigenvalue weighted by Crippen LogP contribution is -2.37. The number of nitrogens with zero attached hydrogens (tertiary/aromatic N) is 2. The van der Waals surface area contributed by atoms with E-state index in [-0.39, 0.29) is 23.8 Å². The van der Waals surface area contributed by atoms with Gasteiger partial charge in [0.15, 0.2) is 5.82 Å². The quantitative estimate of drug-likeness (QED) is 0.822. The molecule has 98 valence electrons. The fraction of sp³-hybridized carbons (Fsp3) is 0.583. The molecule has 1 aliphatic carbocycles. The number of aromatic nitrogens is 2. The molecule has 1 fully saturated rings. The molecule has 6 heteroatoms. The van der Waals surface area contributed by atoms with Crippen LogP contribution in [0, 0.1) is 0 Å². The van der Waals surface area contributed by atoms with Crippen LogP contribution in [0.15, 0.2) is 17.2 Å². The molecule has 18 heavy (non-hydrogen) atoms. The molecule has 1 aromatic heterocycles. The van der Waals surface area contributed by atoms with Crippen LogP contribution in [0.3, 0.4) is 0 Å². The molecule has 2 rings (SSSR count). The van der Waals surface area contributed by atoms with Crippen LogP contribution < -0.4 is 10.9 Å². The topological polar surface area (TPSA) is 84.2 Å². The van der Waals surface area contributed by atoms with Crippen LogP contribution in [0.4, 0.5) is 5.82 Å². The fourth-order valence-corrected chi connectivity index (χ4v) is 1.89. The minimum absolute atomic E-state index is 0.0769. The molecule has 1 heterocycles. The van der Waals surface area contributed by atoms with Crippen LogP contribution in [-0.2, 0) is 4.79 Å². The normalized spacial score (nSPS) is 15.4. The van der Waals surface area contributed by atoms with E-state index in [4.69, 9.17) is 5.11 Å². The van der Waals surface area contributed by atoms with Crippen molar-refractivity contribution in [2.45, 2.75) is 44.7 Å². The third-order valence-corrected chi connectivity index (χ3v) is 2.86. The van der Waals surface area contributed by atoms with E-state index < -0.39 is 11.5 Å². The predicted molar refractivity (Wildman–Crippen MR) is 66.7 cm³/mol.